The molecule has 5 nitrogen and oxygen atoms in total. The molecule has 3 rings (SSSR count). The number of aromatic nitrogens is 2. The first kappa shape index (κ1) is 15.2. The van der Waals surface area contributed by atoms with E-state index in [-0.39, 0.29) is 18.3 Å². The van der Waals surface area contributed by atoms with E-state index in [1.54, 1.807) is 12.1 Å². The van der Waals surface area contributed by atoms with Gasteiger partial charge in [0.05, 0.1) is 5.56 Å². The summed E-state index contributed by atoms with van der Waals surface area (Å²) in [6, 6.07) is 14.1. The Kier molecular flexibility index (Phi) is 4.63. The normalized spacial score (nSPS) is 10.7. The molecule has 0 bridgehead atoms. The van der Waals surface area contributed by atoms with Gasteiger partial charge in [0, 0.05) is 0 Å². The molecule has 0 aliphatic rings. The molecule has 118 valence electrons. The Bertz CT molecular complexity index is 775. The minimum absolute atomic E-state index is 0.126. The molecule has 23 heavy (non-hydrogen) atoms. The second-order valence-electron chi connectivity index (χ2n) is 4.97. The zero-order chi connectivity index (χ0) is 16.1. The molecule has 0 atom stereocenters. The molecule has 0 amide bonds. The summed E-state index contributed by atoms with van der Waals surface area (Å²) in [6.07, 6.45) is 0.662. The van der Waals surface area contributed by atoms with Crippen LogP contribution in [0.3, 0.4) is 0 Å². The lowest BCUT2D eigenvalue weighted by molar-refractivity contribution is 0.243. The van der Waals surface area contributed by atoms with Gasteiger partial charge >= 0.3 is 0 Å². The first-order chi connectivity index (χ1) is 11.3. The minimum Gasteiger partial charge on any atom is -0.484 e. The molecule has 0 unspecified atom stereocenters. The van der Waals surface area contributed by atoms with E-state index in [9.17, 15) is 4.39 Å². The summed E-state index contributed by atoms with van der Waals surface area (Å²) in [5.74, 6) is 0.783. The van der Waals surface area contributed by atoms with Gasteiger partial charge in [-0.15, -0.1) is 0 Å². The summed E-state index contributed by atoms with van der Waals surface area (Å²) < 4.78 is 24.6. The fourth-order valence-electron chi connectivity index (χ4n) is 2.15. The van der Waals surface area contributed by atoms with Crippen LogP contribution >= 0.6 is 0 Å². The van der Waals surface area contributed by atoms with Gasteiger partial charge in [-0.05, 0) is 42.8 Å². The van der Waals surface area contributed by atoms with Gasteiger partial charge < -0.3 is 15.0 Å². The first-order valence-corrected chi connectivity index (χ1v) is 7.25. The van der Waals surface area contributed by atoms with E-state index in [1.807, 2.05) is 30.3 Å². The van der Waals surface area contributed by atoms with Crippen LogP contribution in [-0.2, 0) is 13.0 Å². The van der Waals surface area contributed by atoms with Crippen LogP contribution in [0.25, 0.3) is 11.4 Å². The van der Waals surface area contributed by atoms with Gasteiger partial charge in [-0.2, -0.15) is 4.98 Å². The molecule has 0 radical (unpaired) electrons. The number of ether oxygens (including phenoxy) is 1. The Morgan fingerprint density at radius 1 is 1.13 bits per heavy atom. The molecular formula is C17H16FN3O2. The lowest BCUT2D eigenvalue weighted by atomic mass is 10.1. The second-order valence-corrected chi connectivity index (χ2v) is 4.97. The van der Waals surface area contributed by atoms with Crippen molar-refractivity contribution in [3.05, 3.63) is 65.8 Å². The van der Waals surface area contributed by atoms with Crippen LogP contribution in [0.1, 0.15) is 11.5 Å². The molecule has 1 aromatic heterocycles. The average molecular weight is 313 g/mol. The number of nitrogens with zero attached hydrogens (tertiary/aromatic N) is 2. The maximum Gasteiger partial charge on any atom is 0.264 e. The zero-order valence-electron chi connectivity index (χ0n) is 12.4. The van der Waals surface area contributed by atoms with Gasteiger partial charge in [0.25, 0.3) is 5.89 Å². The standard InChI is InChI=1S/C17H16FN3O2/c18-15-7-6-12(8-9-19)10-14(15)17-20-16(23-21-17)11-22-13-4-2-1-3-5-13/h1-7,10H,8-9,11,19H2. The summed E-state index contributed by atoms with van der Waals surface area (Å²) in [6.45, 7) is 0.620. The minimum atomic E-state index is -0.401. The quantitative estimate of drug-likeness (QED) is 0.757. The predicted octanol–water partition coefficient (Wildman–Crippen LogP) is 2.96. The Balaban J connectivity index is 1.75. The Morgan fingerprint density at radius 2 is 1.96 bits per heavy atom. The van der Waals surface area contributed by atoms with E-state index in [4.69, 9.17) is 15.0 Å². The van der Waals surface area contributed by atoms with Crippen molar-refractivity contribution in [1.29, 1.82) is 0 Å². The highest BCUT2D eigenvalue weighted by atomic mass is 19.1. The van der Waals surface area contributed by atoms with Crippen LogP contribution in [0.15, 0.2) is 53.1 Å². The number of halogens is 1. The SMILES string of the molecule is NCCc1ccc(F)c(-c2noc(COc3ccccc3)n2)c1. The van der Waals surface area contributed by atoms with E-state index < -0.39 is 5.82 Å². The summed E-state index contributed by atoms with van der Waals surface area (Å²) in [5.41, 5.74) is 6.75. The van der Waals surface area contributed by atoms with E-state index in [2.05, 4.69) is 10.1 Å². The smallest absolute Gasteiger partial charge is 0.264 e. The number of hydrogen-bond acceptors (Lipinski definition) is 5. The molecule has 0 spiro atoms. The summed E-state index contributed by atoms with van der Waals surface area (Å²) in [5, 5.41) is 3.82. The number of para-hydroxylation sites is 1. The summed E-state index contributed by atoms with van der Waals surface area (Å²) in [4.78, 5) is 4.18. The number of rotatable bonds is 6. The molecule has 1 heterocycles. The van der Waals surface area contributed by atoms with Crippen LogP contribution < -0.4 is 10.5 Å². The Morgan fingerprint density at radius 3 is 2.74 bits per heavy atom. The Labute approximate surface area is 132 Å². The largest absolute Gasteiger partial charge is 0.484 e. The molecule has 0 aliphatic carbocycles. The van der Waals surface area contributed by atoms with Crippen molar-refractivity contribution in [1.82, 2.24) is 10.1 Å². The van der Waals surface area contributed by atoms with E-state index >= 15 is 0 Å². The topological polar surface area (TPSA) is 74.2 Å². The third-order valence-corrected chi connectivity index (χ3v) is 3.28. The monoisotopic (exact) mass is 313 g/mol. The molecule has 2 aromatic carbocycles. The highest BCUT2D eigenvalue weighted by molar-refractivity contribution is 5.56. The summed E-state index contributed by atoms with van der Waals surface area (Å²) >= 11 is 0. The van der Waals surface area contributed by atoms with Gasteiger partial charge in [0.2, 0.25) is 5.82 Å². The molecule has 0 aliphatic heterocycles. The van der Waals surface area contributed by atoms with Crippen LogP contribution in [0, 0.1) is 5.82 Å². The second kappa shape index (κ2) is 7.02. The molecule has 3 aromatic rings. The van der Waals surface area contributed by atoms with E-state index in [0.29, 0.717) is 24.3 Å². The van der Waals surface area contributed by atoms with Gasteiger partial charge in [0.1, 0.15) is 11.6 Å². The maximum atomic E-state index is 14.0. The molecule has 2 N–H and O–H groups in total. The van der Waals surface area contributed by atoms with Crippen molar-refractivity contribution in [2.75, 3.05) is 6.54 Å². The van der Waals surface area contributed by atoms with Crippen molar-refractivity contribution in [2.45, 2.75) is 13.0 Å². The van der Waals surface area contributed by atoms with Gasteiger partial charge in [0.15, 0.2) is 6.61 Å². The van der Waals surface area contributed by atoms with E-state index in [1.165, 1.54) is 6.07 Å². The number of hydrogen-bond donors (Lipinski definition) is 1. The average Bonchev–Trinajstić information content (AvgIpc) is 3.05. The van der Waals surface area contributed by atoms with E-state index in [0.717, 1.165) is 5.56 Å². The Hall–Kier alpha value is -2.73. The van der Waals surface area contributed by atoms with Crippen molar-refractivity contribution >= 4 is 0 Å². The van der Waals surface area contributed by atoms with Gasteiger partial charge in [-0.1, -0.05) is 29.4 Å². The van der Waals surface area contributed by atoms with Crippen molar-refractivity contribution in [3.63, 3.8) is 0 Å². The molecule has 0 saturated carbocycles. The van der Waals surface area contributed by atoms with Crippen molar-refractivity contribution in [2.24, 2.45) is 5.73 Å². The van der Waals surface area contributed by atoms with Crippen LogP contribution in [0.4, 0.5) is 4.39 Å². The fourth-order valence-corrected chi connectivity index (χ4v) is 2.15. The fraction of sp³-hybridized carbons (Fsp3) is 0.176. The summed E-state index contributed by atoms with van der Waals surface area (Å²) in [7, 11) is 0. The predicted molar refractivity (Wildman–Crippen MR) is 83.2 cm³/mol. The zero-order valence-corrected chi connectivity index (χ0v) is 12.4. The maximum absolute atomic E-state index is 14.0. The van der Waals surface area contributed by atoms with Gasteiger partial charge in [-0.25, -0.2) is 4.39 Å². The molecular weight excluding hydrogens is 297 g/mol. The lowest BCUT2D eigenvalue weighted by Crippen LogP contribution is -2.03. The third-order valence-electron chi connectivity index (χ3n) is 3.28. The van der Waals surface area contributed by atoms with Crippen molar-refractivity contribution in [3.8, 4) is 17.1 Å². The highest BCUT2D eigenvalue weighted by Gasteiger charge is 2.14. The number of benzene rings is 2. The van der Waals surface area contributed by atoms with Crippen molar-refractivity contribution < 1.29 is 13.7 Å². The molecule has 6 heteroatoms. The lowest BCUT2D eigenvalue weighted by Gasteiger charge is -2.02. The molecule has 0 saturated heterocycles. The highest BCUT2D eigenvalue weighted by Crippen LogP contribution is 2.22. The first-order valence-electron chi connectivity index (χ1n) is 7.25. The van der Waals surface area contributed by atoms with Crippen LogP contribution in [0.2, 0.25) is 0 Å². The third kappa shape index (κ3) is 3.73. The van der Waals surface area contributed by atoms with Crippen LogP contribution in [0.5, 0.6) is 5.75 Å². The van der Waals surface area contributed by atoms with Crippen LogP contribution in [-0.4, -0.2) is 16.7 Å². The molecule has 0 fully saturated rings. The number of nitrogens with two attached hydrogens (primary N) is 1. The van der Waals surface area contributed by atoms with Gasteiger partial charge in [-0.3, -0.25) is 0 Å².